The van der Waals surface area contributed by atoms with Crippen LogP contribution in [0.5, 0.6) is 0 Å². The van der Waals surface area contributed by atoms with Crippen LogP contribution < -0.4 is 5.32 Å². The molecule has 0 aromatic rings. The van der Waals surface area contributed by atoms with Crippen LogP contribution in [0.2, 0.25) is 0 Å². The summed E-state index contributed by atoms with van der Waals surface area (Å²) >= 11 is 0. The molecule has 2 unspecified atom stereocenters. The maximum atomic E-state index is 5.70. The van der Waals surface area contributed by atoms with E-state index in [1.54, 1.807) is 7.11 Å². The van der Waals surface area contributed by atoms with Gasteiger partial charge in [-0.2, -0.15) is 0 Å². The van der Waals surface area contributed by atoms with E-state index in [2.05, 4.69) is 33.0 Å². The molecule has 3 nitrogen and oxygen atoms in total. The Bertz CT molecular complexity index is 171. The quantitative estimate of drug-likeness (QED) is 0.618. The lowest BCUT2D eigenvalue weighted by Gasteiger charge is -2.25. The number of methoxy groups -OCH3 is 1. The normalized spacial score (nSPS) is 16.1. The van der Waals surface area contributed by atoms with Gasteiger partial charge in [0.15, 0.2) is 0 Å². The number of hydrogen-bond donors (Lipinski definition) is 1. The van der Waals surface area contributed by atoms with Gasteiger partial charge in [-0.3, -0.25) is 0 Å². The fraction of sp³-hybridized carbons (Fsp3) is 1.00. The van der Waals surface area contributed by atoms with Crippen LogP contribution in [0.4, 0.5) is 0 Å². The summed E-state index contributed by atoms with van der Waals surface area (Å²) in [5.74, 6) is 0.653. The molecule has 0 saturated heterocycles. The zero-order valence-corrected chi connectivity index (χ0v) is 11.8. The second-order valence-electron chi connectivity index (χ2n) is 5.07. The molecule has 0 aliphatic heterocycles. The molecule has 0 spiro atoms. The lowest BCUT2D eigenvalue weighted by atomic mass is 10.0. The highest BCUT2D eigenvalue weighted by molar-refractivity contribution is 4.71. The van der Waals surface area contributed by atoms with Crippen molar-refractivity contribution in [1.29, 1.82) is 0 Å². The van der Waals surface area contributed by atoms with Crippen molar-refractivity contribution in [1.82, 2.24) is 5.32 Å². The molecule has 0 aromatic carbocycles. The van der Waals surface area contributed by atoms with E-state index in [9.17, 15) is 0 Å². The minimum absolute atomic E-state index is 0.0779. The molecule has 0 heterocycles. The maximum Gasteiger partial charge on any atom is 0.0644 e. The molecule has 0 fully saturated rings. The van der Waals surface area contributed by atoms with Crippen LogP contribution in [0, 0.1) is 5.92 Å². The van der Waals surface area contributed by atoms with Gasteiger partial charge in [-0.05, 0) is 33.2 Å². The number of hydrogen-bond acceptors (Lipinski definition) is 3. The molecule has 0 saturated carbocycles. The summed E-state index contributed by atoms with van der Waals surface area (Å²) in [4.78, 5) is 0. The molecule has 0 amide bonds. The van der Waals surface area contributed by atoms with Gasteiger partial charge in [0.1, 0.15) is 0 Å². The van der Waals surface area contributed by atoms with E-state index < -0.39 is 0 Å². The van der Waals surface area contributed by atoms with E-state index in [0.29, 0.717) is 12.0 Å². The van der Waals surface area contributed by atoms with Crippen molar-refractivity contribution in [3.63, 3.8) is 0 Å². The van der Waals surface area contributed by atoms with Gasteiger partial charge in [-0.1, -0.05) is 20.3 Å². The highest BCUT2D eigenvalue weighted by atomic mass is 16.5. The number of rotatable bonds is 9. The molecule has 98 valence electrons. The number of ether oxygens (including phenoxy) is 2. The Labute approximate surface area is 101 Å². The Morgan fingerprint density at radius 1 is 1.31 bits per heavy atom. The average Bonchev–Trinajstić information content (AvgIpc) is 2.28. The monoisotopic (exact) mass is 231 g/mol. The molecule has 0 rings (SSSR count). The van der Waals surface area contributed by atoms with Gasteiger partial charge in [0.25, 0.3) is 0 Å². The summed E-state index contributed by atoms with van der Waals surface area (Å²) in [6.45, 7) is 10.2. The van der Waals surface area contributed by atoms with E-state index in [-0.39, 0.29) is 5.60 Å². The van der Waals surface area contributed by atoms with Crippen molar-refractivity contribution >= 4 is 0 Å². The molecule has 3 heteroatoms. The Morgan fingerprint density at radius 2 is 1.94 bits per heavy atom. The van der Waals surface area contributed by atoms with Crippen molar-refractivity contribution in [2.45, 2.75) is 52.2 Å². The topological polar surface area (TPSA) is 30.5 Å². The van der Waals surface area contributed by atoms with E-state index in [4.69, 9.17) is 9.47 Å². The van der Waals surface area contributed by atoms with Crippen molar-refractivity contribution in [3.05, 3.63) is 0 Å². The van der Waals surface area contributed by atoms with Crippen LogP contribution in [0.25, 0.3) is 0 Å². The summed E-state index contributed by atoms with van der Waals surface area (Å²) in [6, 6.07) is 0.454. The third-order valence-electron chi connectivity index (χ3n) is 3.40. The predicted octanol–water partition coefficient (Wildman–Crippen LogP) is 2.45. The minimum atomic E-state index is -0.0779. The van der Waals surface area contributed by atoms with E-state index in [1.165, 1.54) is 6.42 Å². The van der Waals surface area contributed by atoms with Crippen LogP contribution in [0.3, 0.4) is 0 Å². The highest BCUT2D eigenvalue weighted by Crippen LogP contribution is 2.13. The Balaban J connectivity index is 3.71. The Kier molecular flexibility index (Phi) is 7.98. The molecule has 0 radical (unpaired) electrons. The molecule has 0 aliphatic carbocycles. The fourth-order valence-corrected chi connectivity index (χ4v) is 1.45. The number of likely N-dealkylation sites (N-methyl/N-ethyl adjacent to an activating group) is 1. The first-order valence-corrected chi connectivity index (χ1v) is 6.27. The predicted molar refractivity (Wildman–Crippen MR) is 68.8 cm³/mol. The minimum Gasteiger partial charge on any atom is -0.380 e. The van der Waals surface area contributed by atoms with E-state index >= 15 is 0 Å². The molecule has 1 N–H and O–H groups in total. The maximum absolute atomic E-state index is 5.70. The molecule has 0 bridgehead atoms. The molecular formula is C13H29NO2. The third-order valence-corrected chi connectivity index (χ3v) is 3.40. The van der Waals surface area contributed by atoms with Crippen molar-refractivity contribution in [3.8, 4) is 0 Å². The van der Waals surface area contributed by atoms with Gasteiger partial charge in [0, 0.05) is 19.8 Å². The zero-order chi connectivity index (χ0) is 12.6. The highest BCUT2D eigenvalue weighted by Gasteiger charge is 2.17. The third kappa shape index (κ3) is 6.46. The molecule has 0 aromatic heterocycles. The second-order valence-corrected chi connectivity index (χ2v) is 5.07. The first kappa shape index (κ1) is 15.9. The summed E-state index contributed by atoms with van der Waals surface area (Å²) in [5, 5.41) is 3.31. The Hall–Kier alpha value is -0.120. The first-order chi connectivity index (χ1) is 7.46. The van der Waals surface area contributed by atoms with Crippen LogP contribution in [0.15, 0.2) is 0 Å². The molecule has 0 aliphatic rings. The van der Waals surface area contributed by atoms with Crippen LogP contribution >= 0.6 is 0 Å². The van der Waals surface area contributed by atoms with Gasteiger partial charge >= 0.3 is 0 Å². The van der Waals surface area contributed by atoms with Crippen molar-refractivity contribution < 1.29 is 9.47 Å². The molecular weight excluding hydrogens is 202 g/mol. The number of nitrogens with one attached hydrogen (secondary N) is 1. The lowest BCUT2D eigenvalue weighted by molar-refractivity contribution is -0.0138. The lowest BCUT2D eigenvalue weighted by Crippen LogP contribution is -2.36. The zero-order valence-electron chi connectivity index (χ0n) is 11.8. The van der Waals surface area contributed by atoms with Gasteiger partial charge in [0.05, 0.1) is 12.2 Å². The van der Waals surface area contributed by atoms with Crippen LogP contribution in [-0.2, 0) is 9.47 Å². The summed E-state index contributed by atoms with van der Waals surface area (Å²) in [7, 11) is 3.74. The largest absolute Gasteiger partial charge is 0.380 e. The van der Waals surface area contributed by atoms with Crippen LogP contribution in [0.1, 0.15) is 40.5 Å². The first-order valence-electron chi connectivity index (χ1n) is 6.27. The van der Waals surface area contributed by atoms with E-state index in [1.807, 2.05) is 7.05 Å². The summed E-state index contributed by atoms with van der Waals surface area (Å²) in [6.07, 6.45) is 2.11. The molecule has 2 atom stereocenters. The van der Waals surface area contributed by atoms with Gasteiger partial charge in [0.2, 0.25) is 0 Å². The Morgan fingerprint density at radius 3 is 2.38 bits per heavy atom. The molecule has 16 heavy (non-hydrogen) atoms. The summed E-state index contributed by atoms with van der Waals surface area (Å²) in [5.41, 5.74) is -0.0779. The average molecular weight is 231 g/mol. The smallest absolute Gasteiger partial charge is 0.0644 e. The van der Waals surface area contributed by atoms with E-state index in [0.717, 1.165) is 19.6 Å². The second kappa shape index (κ2) is 8.04. The van der Waals surface area contributed by atoms with Crippen molar-refractivity contribution in [2.75, 3.05) is 27.4 Å². The standard InChI is InChI=1S/C13H29NO2/c1-7-11(2)12(14-5)10-16-9-8-13(3,4)15-6/h11-12,14H,7-10H2,1-6H3. The van der Waals surface area contributed by atoms with Crippen molar-refractivity contribution in [2.24, 2.45) is 5.92 Å². The fourth-order valence-electron chi connectivity index (χ4n) is 1.45. The van der Waals surface area contributed by atoms with Crippen LogP contribution in [-0.4, -0.2) is 39.0 Å². The SMILES string of the molecule is CCC(C)C(COCCC(C)(C)OC)NC. The van der Waals surface area contributed by atoms with Gasteiger partial charge in [-0.15, -0.1) is 0 Å². The van der Waals surface area contributed by atoms with Gasteiger partial charge in [-0.25, -0.2) is 0 Å². The summed E-state index contributed by atoms with van der Waals surface area (Å²) < 4.78 is 11.0. The van der Waals surface area contributed by atoms with Gasteiger partial charge < -0.3 is 14.8 Å².